The molecule has 0 aromatic carbocycles. The van der Waals surface area contributed by atoms with Gasteiger partial charge in [-0.3, -0.25) is 9.97 Å². The number of thiol groups is 1. The van der Waals surface area contributed by atoms with Gasteiger partial charge in [0.15, 0.2) is 0 Å². The standard InChI is InChI=1S/C19H26N2S/c1-13-9-18(12-20-11-13)14(2)5-6-15(3)19-10-17(16(4)22)7-8-21-19/h7-12,14-16,22H,5-6H2,1-4H3. The van der Waals surface area contributed by atoms with Gasteiger partial charge in [0, 0.05) is 29.5 Å². The van der Waals surface area contributed by atoms with E-state index in [0.717, 1.165) is 12.8 Å². The highest BCUT2D eigenvalue weighted by Gasteiger charge is 2.13. The summed E-state index contributed by atoms with van der Waals surface area (Å²) in [6, 6.07) is 6.49. The monoisotopic (exact) mass is 314 g/mol. The molecule has 3 atom stereocenters. The molecular weight excluding hydrogens is 288 g/mol. The normalized spacial score (nSPS) is 15.3. The SMILES string of the molecule is Cc1cncc(C(C)CCC(C)c2cc(C(C)S)ccn2)c1. The van der Waals surface area contributed by atoms with E-state index in [1.54, 1.807) is 0 Å². The van der Waals surface area contributed by atoms with Gasteiger partial charge < -0.3 is 0 Å². The maximum absolute atomic E-state index is 4.54. The lowest BCUT2D eigenvalue weighted by Gasteiger charge is -2.17. The van der Waals surface area contributed by atoms with E-state index in [1.807, 2.05) is 18.6 Å². The van der Waals surface area contributed by atoms with Crippen LogP contribution in [0.15, 0.2) is 36.8 Å². The van der Waals surface area contributed by atoms with Gasteiger partial charge in [-0.15, -0.1) is 0 Å². The molecule has 0 amide bonds. The molecule has 2 heterocycles. The van der Waals surface area contributed by atoms with Crippen molar-refractivity contribution in [2.45, 2.75) is 57.6 Å². The Balaban J connectivity index is 1.97. The van der Waals surface area contributed by atoms with Crippen LogP contribution in [0, 0.1) is 6.92 Å². The van der Waals surface area contributed by atoms with E-state index >= 15 is 0 Å². The maximum Gasteiger partial charge on any atom is 0.0434 e. The summed E-state index contributed by atoms with van der Waals surface area (Å²) in [5.74, 6) is 0.995. The van der Waals surface area contributed by atoms with E-state index in [4.69, 9.17) is 0 Å². The van der Waals surface area contributed by atoms with Crippen molar-refractivity contribution in [3.05, 3.63) is 59.2 Å². The van der Waals surface area contributed by atoms with Crippen molar-refractivity contribution in [1.29, 1.82) is 0 Å². The third-order valence-corrected chi connectivity index (χ3v) is 4.59. The summed E-state index contributed by atoms with van der Waals surface area (Å²) in [7, 11) is 0. The lowest BCUT2D eigenvalue weighted by Crippen LogP contribution is -2.02. The first-order valence-electron chi connectivity index (χ1n) is 8.03. The Labute approximate surface area is 139 Å². The first-order chi connectivity index (χ1) is 10.5. The second kappa shape index (κ2) is 7.77. The highest BCUT2D eigenvalue weighted by molar-refractivity contribution is 7.80. The summed E-state index contributed by atoms with van der Waals surface area (Å²) in [6.07, 6.45) is 8.08. The minimum absolute atomic E-state index is 0.256. The smallest absolute Gasteiger partial charge is 0.0434 e. The molecule has 0 fully saturated rings. The third kappa shape index (κ3) is 4.57. The number of hydrogen-bond donors (Lipinski definition) is 1. The van der Waals surface area contributed by atoms with Crippen molar-refractivity contribution >= 4 is 12.6 Å². The van der Waals surface area contributed by atoms with E-state index in [1.165, 1.54) is 22.4 Å². The van der Waals surface area contributed by atoms with E-state index in [-0.39, 0.29) is 5.25 Å². The molecule has 2 aromatic heterocycles. The fourth-order valence-electron chi connectivity index (χ4n) is 2.66. The van der Waals surface area contributed by atoms with Crippen molar-refractivity contribution in [2.75, 3.05) is 0 Å². The largest absolute Gasteiger partial charge is 0.264 e. The summed E-state index contributed by atoms with van der Waals surface area (Å²) in [6.45, 7) is 8.74. The molecule has 0 spiro atoms. The molecule has 0 saturated heterocycles. The highest BCUT2D eigenvalue weighted by Crippen LogP contribution is 2.28. The quantitative estimate of drug-likeness (QED) is 0.716. The van der Waals surface area contributed by atoms with Crippen LogP contribution in [-0.2, 0) is 0 Å². The number of nitrogens with zero attached hydrogens (tertiary/aromatic N) is 2. The van der Waals surface area contributed by atoms with Crippen LogP contribution in [-0.4, -0.2) is 9.97 Å². The van der Waals surface area contributed by atoms with Crippen LogP contribution in [0.25, 0.3) is 0 Å². The topological polar surface area (TPSA) is 25.8 Å². The molecule has 0 aliphatic heterocycles. The Bertz CT molecular complexity index is 610. The second-order valence-corrected chi connectivity index (χ2v) is 7.14. The number of aromatic nitrogens is 2. The van der Waals surface area contributed by atoms with Gasteiger partial charge in [0.1, 0.15) is 0 Å². The van der Waals surface area contributed by atoms with Crippen LogP contribution in [0.5, 0.6) is 0 Å². The van der Waals surface area contributed by atoms with E-state index < -0.39 is 0 Å². The van der Waals surface area contributed by atoms with Gasteiger partial charge in [-0.2, -0.15) is 12.6 Å². The van der Waals surface area contributed by atoms with Gasteiger partial charge in [0.2, 0.25) is 0 Å². The van der Waals surface area contributed by atoms with E-state index in [2.05, 4.69) is 68.5 Å². The molecule has 2 aromatic rings. The number of hydrogen-bond acceptors (Lipinski definition) is 3. The summed E-state index contributed by atoms with van der Waals surface area (Å²) >= 11 is 4.51. The Morgan fingerprint density at radius 3 is 2.41 bits per heavy atom. The molecular formula is C19H26N2S. The van der Waals surface area contributed by atoms with Gasteiger partial charge in [-0.05, 0) is 67.3 Å². The molecule has 0 bridgehead atoms. The molecule has 22 heavy (non-hydrogen) atoms. The number of pyridine rings is 2. The van der Waals surface area contributed by atoms with E-state index in [0.29, 0.717) is 11.8 Å². The molecule has 2 nitrogen and oxygen atoms in total. The molecule has 0 N–H and O–H groups in total. The summed E-state index contributed by atoms with van der Waals surface area (Å²) < 4.78 is 0. The predicted molar refractivity (Wildman–Crippen MR) is 96.7 cm³/mol. The van der Waals surface area contributed by atoms with E-state index in [9.17, 15) is 0 Å². The van der Waals surface area contributed by atoms with Crippen LogP contribution in [0.3, 0.4) is 0 Å². The fourth-order valence-corrected chi connectivity index (χ4v) is 2.82. The van der Waals surface area contributed by atoms with Crippen LogP contribution in [0.2, 0.25) is 0 Å². The first-order valence-corrected chi connectivity index (χ1v) is 8.54. The zero-order chi connectivity index (χ0) is 16.1. The molecule has 0 saturated carbocycles. The zero-order valence-corrected chi connectivity index (χ0v) is 14.8. The Hall–Kier alpha value is -1.35. The van der Waals surface area contributed by atoms with Gasteiger partial charge in [-0.25, -0.2) is 0 Å². The van der Waals surface area contributed by atoms with Crippen molar-refractivity contribution in [1.82, 2.24) is 9.97 Å². The summed E-state index contributed by atoms with van der Waals surface area (Å²) in [4.78, 5) is 8.84. The Morgan fingerprint density at radius 1 is 1.00 bits per heavy atom. The number of rotatable bonds is 6. The van der Waals surface area contributed by atoms with Crippen LogP contribution in [0.4, 0.5) is 0 Å². The highest BCUT2D eigenvalue weighted by atomic mass is 32.1. The van der Waals surface area contributed by atoms with Gasteiger partial charge in [-0.1, -0.05) is 19.9 Å². The van der Waals surface area contributed by atoms with Crippen molar-refractivity contribution in [2.24, 2.45) is 0 Å². The third-order valence-electron chi connectivity index (χ3n) is 4.29. The molecule has 2 rings (SSSR count). The van der Waals surface area contributed by atoms with Crippen LogP contribution < -0.4 is 0 Å². The van der Waals surface area contributed by atoms with Gasteiger partial charge >= 0.3 is 0 Å². The minimum Gasteiger partial charge on any atom is -0.264 e. The summed E-state index contributed by atoms with van der Waals surface area (Å²) in [5, 5.41) is 0.256. The molecule has 3 heteroatoms. The lowest BCUT2D eigenvalue weighted by molar-refractivity contribution is 0.564. The Kier molecular flexibility index (Phi) is 6.01. The molecule has 0 radical (unpaired) electrons. The average molecular weight is 314 g/mol. The van der Waals surface area contributed by atoms with Crippen LogP contribution in [0.1, 0.15) is 73.1 Å². The lowest BCUT2D eigenvalue weighted by atomic mass is 9.91. The maximum atomic E-state index is 4.54. The number of aryl methyl sites for hydroxylation is 1. The fraction of sp³-hybridized carbons (Fsp3) is 0.474. The Morgan fingerprint density at radius 2 is 1.73 bits per heavy atom. The molecule has 0 aliphatic rings. The molecule has 3 unspecified atom stereocenters. The summed E-state index contributed by atoms with van der Waals surface area (Å²) in [5.41, 5.74) is 4.98. The van der Waals surface area contributed by atoms with Gasteiger partial charge in [0.25, 0.3) is 0 Å². The van der Waals surface area contributed by atoms with Crippen molar-refractivity contribution in [3.63, 3.8) is 0 Å². The van der Waals surface area contributed by atoms with Crippen molar-refractivity contribution < 1.29 is 0 Å². The first kappa shape index (κ1) is 17.0. The second-order valence-electron chi connectivity index (χ2n) is 6.37. The predicted octanol–water partition coefficient (Wildman–Crippen LogP) is 5.46. The zero-order valence-electron chi connectivity index (χ0n) is 14.0. The average Bonchev–Trinajstić information content (AvgIpc) is 2.52. The molecule has 0 aliphatic carbocycles. The van der Waals surface area contributed by atoms with Gasteiger partial charge in [0.05, 0.1) is 0 Å². The van der Waals surface area contributed by atoms with Crippen LogP contribution >= 0.6 is 12.6 Å². The van der Waals surface area contributed by atoms with Crippen molar-refractivity contribution in [3.8, 4) is 0 Å². The molecule has 118 valence electrons. The minimum atomic E-state index is 0.256.